The standard InChI is InChI=1S/C20H24O4/c1-17(21)12-22-15-20(24-14-19-10-6-3-7-11-19)16-23-13-18-8-4-2-5-9-18/h2-11,20H,12-16H2,1H3. The Morgan fingerprint density at radius 2 is 1.38 bits per heavy atom. The minimum atomic E-state index is -0.215. The van der Waals surface area contributed by atoms with Gasteiger partial charge in [0.05, 0.1) is 26.4 Å². The molecule has 128 valence electrons. The molecule has 0 saturated carbocycles. The number of benzene rings is 2. The molecule has 0 saturated heterocycles. The van der Waals surface area contributed by atoms with Gasteiger partial charge in [-0.25, -0.2) is 0 Å². The molecule has 0 aliphatic heterocycles. The van der Waals surface area contributed by atoms with Crippen molar-refractivity contribution in [2.45, 2.75) is 26.2 Å². The topological polar surface area (TPSA) is 44.8 Å². The third-order valence-electron chi connectivity index (χ3n) is 3.35. The van der Waals surface area contributed by atoms with Gasteiger partial charge in [-0.15, -0.1) is 0 Å². The summed E-state index contributed by atoms with van der Waals surface area (Å²) in [5.74, 6) is 0.00186. The number of carbonyl (C=O) groups is 1. The zero-order valence-electron chi connectivity index (χ0n) is 14.0. The fourth-order valence-electron chi connectivity index (χ4n) is 2.15. The summed E-state index contributed by atoms with van der Waals surface area (Å²) >= 11 is 0. The third kappa shape index (κ3) is 7.51. The molecule has 2 rings (SSSR count). The third-order valence-corrected chi connectivity index (χ3v) is 3.35. The number of rotatable bonds is 11. The number of hydrogen-bond acceptors (Lipinski definition) is 4. The number of carbonyl (C=O) groups excluding carboxylic acids is 1. The van der Waals surface area contributed by atoms with Gasteiger partial charge >= 0.3 is 0 Å². The van der Waals surface area contributed by atoms with Gasteiger partial charge < -0.3 is 14.2 Å². The molecular formula is C20H24O4. The van der Waals surface area contributed by atoms with Crippen molar-refractivity contribution in [1.29, 1.82) is 0 Å². The Kier molecular flexibility index (Phi) is 8.18. The van der Waals surface area contributed by atoms with E-state index < -0.39 is 0 Å². The van der Waals surface area contributed by atoms with Crippen LogP contribution < -0.4 is 0 Å². The van der Waals surface area contributed by atoms with Crippen LogP contribution in [0.25, 0.3) is 0 Å². The smallest absolute Gasteiger partial charge is 0.155 e. The van der Waals surface area contributed by atoms with Crippen molar-refractivity contribution in [2.75, 3.05) is 19.8 Å². The van der Waals surface area contributed by atoms with E-state index in [1.54, 1.807) is 0 Å². The zero-order chi connectivity index (χ0) is 17.0. The van der Waals surface area contributed by atoms with E-state index in [0.29, 0.717) is 26.4 Å². The second-order valence-electron chi connectivity index (χ2n) is 5.64. The number of ketones is 1. The molecule has 0 aromatic heterocycles. The summed E-state index contributed by atoms with van der Waals surface area (Å²) in [6.07, 6.45) is -0.215. The first-order valence-corrected chi connectivity index (χ1v) is 8.08. The molecule has 4 nitrogen and oxygen atoms in total. The largest absolute Gasteiger partial charge is 0.374 e. The summed E-state index contributed by atoms with van der Waals surface area (Å²) in [5, 5.41) is 0. The molecular weight excluding hydrogens is 304 g/mol. The van der Waals surface area contributed by atoms with E-state index in [4.69, 9.17) is 14.2 Å². The maximum absolute atomic E-state index is 11.0. The van der Waals surface area contributed by atoms with Gasteiger partial charge in [-0.05, 0) is 18.1 Å². The number of ether oxygens (including phenoxy) is 3. The lowest BCUT2D eigenvalue weighted by Crippen LogP contribution is -2.26. The van der Waals surface area contributed by atoms with Crippen molar-refractivity contribution in [3.8, 4) is 0 Å². The van der Waals surface area contributed by atoms with E-state index in [2.05, 4.69) is 0 Å². The predicted octanol–water partition coefficient (Wildman–Crippen LogP) is 3.39. The number of Topliss-reactive ketones (excluding diaryl/α,β-unsaturated/α-hetero) is 1. The zero-order valence-corrected chi connectivity index (χ0v) is 14.0. The van der Waals surface area contributed by atoms with E-state index in [1.807, 2.05) is 60.7 Å². The molecule has 0 spiro atoms. The van der Waals surface area contributed by atoms with E-state index >= 15 is 0 Å². The molecule has 0 aliphatic rings. The van der Waals surface area contributed by atoms with Gasteiger partial charge in [-0.2, -0.15) is 0 Å². The molecule has 0 N–H and O–H groups in total. The normalized spacial score (nSPS) is 12.0. The lowest BCUT2D eigenvalue weighted by atomic mass is 10.2. The van der Waals surface area contributed by atoms with Crippen molar-refractivity contribution < 1.29 is 19.0 Å². The summed E-state index contributed by atoms with van der Waals surface area (Å²) in [5.41, 5.74) is 2.21. The Bertz CT molecular complexity index is 583. The van der Waals surface area contributed by atoms with Crippen LogP contribution in [-0.2, 0) is 32.2 Å². The molecule has 0 amide bonds. The quantitative estimate of drug-likeness (QED) is 0.634. The summed E-state index contributed by atoms with van der Waals surface area (Å²) in [7, 11) is 0. The summed E-state index contributed by atoms with van der Waals surface area (Å²) in [6.45, 7) is 3.37. The van der Waals surface area contributed by atoms with Crippen LogP contribution in [0.1, 0.15) is 18.1 Å². The maximum Gasteiger partial charge on any atom is 0.155 e. The first-order valence-electron chi connectivity index (χ1n) is 8.08. The van der Waals surface area contributed by atoms with Gasteiger partial charge in [-0.1, -0.05) is 60.7 Å². The van der Waals surface area contributed by atoms with E-state index in [9.17, 15) is 4.79 Å². The minimum absolute atomic E-state index is 0.00186. The van der Waals surface area contributed by atoms with Gasteiger partial charge in [0.25, 0.3) is 0 Å². The maximum atomic E-state index is 11.0. The first kappa shape index (κ1) is 18.3. The molecule has 4 heteroatoms. The first-order chi connectivity index (χ1) is 11.7. The van der Waals surface area contributed by atoms with Crippen LogP contribution in [0.4, 0.5) is 0 Å². The van der Waals surface area contributed by atoms with Crippen LogP contribution in [0, 0.1) is 0 Å². The van der Waals surface area contributed by atoms with Crippen LogP contribution in [0.3, 0.4) is 0 Å². The average Bonchev–Trinajstić information content (AvgIpc) is 2.61. The van der Waals surface area contributed by atoms with Crippen molar-refractivity contribution >= 4 is 5.78 Å². The molecule has 2 aromatic rings. The van der Waals surface area contributed by atoms with Crippen molar-refractivity contribution in [3.05, 3.63) is 71.8 Å². The predicted molar refractivity (Wildman–Crippen MR) is 92.6 cm³/mol. The second-order valence-corrected chi connectivity index (χ2v) is 5.64. The van der Waals surface area contributed by atoms with Crippen LogP contribution >= 0.6 is 0 Å². The highest BCUT2D eigenvalue weighted by Crippen LogP contribution is 2.07. The monoisotopic (exact) mass is 328 g/mol. The molecule has 0 radical (unpaired) electrons. The van der Waals surface area contributed by atoms with Gasteiger partial charge in [0, 0.05) is 0 Å². The Morgan fingerprint density at radius 1 is 0.833 bits per heavy atom. The van der Waals surface area contributed by atoms with E-state index in [0.717, 1.165) is 11.1 Å². The van der Waals surface area contributed by atoms with Crippen LogP contribution in [0.2, 0.25) is 0 Å². The Morgan fingerprint density at radius 3 is 1.96 bits per heavy atom. The van der Waals surface area contributed by atoms with E-state index in [1.165, 1.54) is 6.92 Å². The Balaban J connectivity index is 1.78. The lowest BCUT2D eigenvalue weighted by molar-refractivity contribution is -0.124. The molecule has 0 fully saturated rings. The van der Waals surface area contributed by atoms with E-state index in [-0.39, 0.29) is 18.5 Å². The van der Waals surface area contributed by atoms with Gasteiger partial charge in [-0.3, -0.25) is 4.79 Å². The Hall–Kier alpha value is -2.01. The Labute approximate surface area is 143 Å². The molecule has 2 aromatic carbocycles. The molecule has 0 bridgehead atoms. The van der Waals surface area contributed by atoms with Gasteiger partial charge in [0.1, 0.15) is 12.7 Å². The summed E-state index contributed by atoms with van der Waals surface area (Å²) in [6, 6.07) is 19.9. The summed E-state index contributed by atoms with van der Waals surface area (Å²) in [4.78, 5) is 11.0. The fraction of sp³-hybridized carbons (Fsp3) is 0.350. The van der Waals surface area contributed by atoms with Gasteiger partial charge in [0.15, 0.2) is 5.78 Å². The SMILES string of the molecule is CC(=O)COCC(COCc1ccccc1)OCc1ccccc1. The summed E-state index contributed by atoms with van der Waals surface area (Å²) < 4.78 is 17.0. The van der Waals surface area contributed by atoms with Crippen LogP contribution in [0.15, 0.2) is 60.7 Å². The molecule has 0 aliphatic carbocycles. The highest BCUT2D eigenvalue weighted by Gasteiger charge is 2.11. The van der Waals surface area contributed by atoms with Crippen LogP contribution in [-0.4, -0.2) is 31.7 Å². The van der Waals surface area contributed by atoms with Gasteiger partial charge in [0.2, 0.25) is 0 Å². The molecule has 1 atom stereocenters. The lowest BCUT2D eigenvalue weighted by Gasteiger charge is -2.18. The number of hydrogen-bond donors (Lipinski definition) is 0. The highest BCUT2D eigenvalue weighted by molar-refractivity contribution is 5.76. The average molecular weight is 328 g/mol. The molecule has 1 unspecified atom stereocenters. The fourth-order valence-corrected chi connectivity index (χ4v) is 2.15. The minimum Gasteiger partial charge on any atom is -0.374 e. The molecule has 24 heavy (non-hydrogen) atoms. The van der Waals surface area contributed by atoms with Crippen molar-refractivity contribution in [1.82, 2.24) is 0 Å². The van der Waals surface area contributed by atoms with Crippen LogP contribution in [0.5, 0.6) is 0 Å². The highest BCUT2D eigenvalue weighted by atomic mass is 16.6. The second kappa shape index (κ2) is 10.7. The van der Waals surface area contributed by atoms with Crippen molar-refractivity contribution in [3.63, 3.8) is 0 Å². The molecule has 0 heterocycles. The van der Waals surface area contributed by atoms with Crippen molar-refractivity contribution in [2.24, 2.45) is 0 Å².